The number of carbonyl (C=O) groups is 1. The van der Waals surface area contributed by atoms with Crippen LogP contribution in [0.4, 0.5) is 0 Å². The second-order valence-corrected chi connectivity index (χ2v) is 7.31. The molecule has 12 nitrogen and oxygen atoms in total. The third kappa shape index (κ3) is 33.1. The van der Waals surface area contributed by atoms with Crippen LogP contribution in [0.2, 0.25) is 0 Å². The summed E-state index contributed by atoms with van der Waals surface area (Å²) in [6.07, 6.45) is 2.23. The van der Waals surface area contributed by atoms with Crippen LogP contribution in [0, 0.1) is 0 Å². The van der Waals surface area contributed by atoms with Crippen LogP contribution in [-0.4, -0.2) is 143 Å². The Balaban J connectivity index is 3.02. The fourth-order valence-corrected chi connectivity index (χ4v) is 2.39. The van der Waals surface area contributed by atoms with E-state index in [1.165, 1.54) is 0 Å². The van der Waals surface area contributed by atoms with Crippen LogP contribution in [0.15, 0.2) is 0 Å². The van der Waals surface area contributed by atoms with E-state index in [2.05, 4.69) is 6.92 Å². The summed E-state index contributed by atoms with van der Waals surface area (Å²) >= 11 is 0. The number of hydrogen-bond acceptors (Lipinski definition) is 11. The lowest BCUT2D eigenvalue weighted by molar-refractivity contribution is -0.142. The number of aliphatic carboxylic acids is 1. The second kappa shape index (κ2) is 32.1. The SMILES string of the molecule is CCCCOCCOCCOCCOCCOCCOCCOCCOCCOCCOCC(=O)O. The second-order valence-electron chi connectivity index (χ2n) is 7.31. The lowest BCUT2D eigenvalue weighted by atomic mass is 10.4. The first-order chi connectivity index (χ1) is 17.8. The van der Waals surface area contributed by atoms with Gasteiger partial charge in [-0.15, -0.1) is 0 Å². The monoisotopic (exact) mass is 528 g/mol. The van der Waals surface area contributed by atoms with E-state index in [0.29, 0.717) is 112 Å². The zero-order valence-electron chi connectivity index (χ0n) is 22.0. The summed E-state index contributed by atoms with van der Waals surface area (Å²) in [6, 6.07) is 0. The van der Waals surface area contributed by atoms with Crippen LogP contribution in [0.1, 0.15) is 19.8 Å². The lowest BCUT2D eigenvalue weighted by Crippen LogP contribution is -2.15. The van der Waals surface area contributed by atoms with Gasteiger partial charge in [-0.05, 0) is 6.42 Å². The minimum absolute atomic E-state index is 0.247. The molecule has 0 rings (SSSR count). The minimum Gasteiger partial charge on any atom is -0.480 e. The van der Waals surface area contributed by atoms with Gasteiger partial charge in [0.2, 0.25) is 0 Å². The van der Waals surface area contributed by atoms with E-state index in [9.17, 15) is 4.79 Å². The van der Waals surface area contributed by atoms with Crippen LogP contribution < -0.4 is 0 Å². The molecular formula is C24H48O12. The topological polar surface area (TPSA) is 130 Å². The molecule has 1 N–H and O–H groups in total. The quantitative estimate of drug-likeness (QED) is 0.125. The molecule has 0 aromatic heterocycles. The third-order valence-corrected chi connectivity index (χ3v) is 4.22. The van der Waals surface area contributed by atoms with Crippen LogP contribution in [0.25, 0.3) is 0 Å². The molecule has 0 unspecified atom stereocenters. The Morgan fingerprint density at radius 3 is 0.861 bits per heavy atom. The van der Waals surface area contributed by atoms with E-state index in [4.69, 9.17) is 52.5 Å². The molecule has 0 saturated heterocycles. The standard InChI is InChI=1S/C24H48O12/c1-2-3-4-27-5-6-28-7-8-29-9-10-30-11-12-31-13-14-32-15-16-33-17-18-34-19-20-35-21-22-36-23-24(25)26/h2-23H2,1H3,(H,25,26). The third-order valence-electron chi connectivity index (χ3n) is 4.22. The minimum atomic E-state index is -0.992. The zero-order valence-corrected chi connectivity index (χ0v) is 22.0. The van der Waals surface area contributed by atoms with Crippen LogP contribution >= 0.6 is 0 Å². The van der Waals surface area contributed by atoms with E-state index in [-0.39, 0.29) is 13.2 Å². The summed E-state index contributed by atoms with van der Waals surface area (Å²) in [4.78, 5) is 10.2. The number of carboxylic acid groups (broad SMARTS) is 1. The maximum atomic E-state index is 10.2. The van der Waals surface area contributed by atoms with Gasteiger partial charge in [-0.1, -0.05) is 13.3 Å². The average Bonchev–Trinajstić information content (AvgIpc) is 2.87. The molecule has 0 amide bonds. The van der Waals surface area contributed by atoms with Gasteiger partial charge >= 0.3 is 5.97 Å². The first-order valence-electron chi connectivity index (χ1n) is 12.8. The predicted octanol–water partition coefficient (Wildman–Crippen LogP) is 1.04. The molecule has 0 aliphatic rings. The molecule has 0 aromatic rings. The van der Waals surface area contributed by atoms with Gasteiger partial charge in [-0.2, -0.15) is 0 Å². The van der Waals surface area contributed by atoms with Crippen molar-refractivity contribution in [3.05, 3.63) is 0 Å². The summed E-state index contributed by atoms with van der Waals surface area (Å²) in [7, 11) is 0. The summed E-state index contributed by atoms with van der Waals surface area (Å²) in [5, 5.41) is 8.40. The van der Waals surface area contributed by atoms with Gasteiger partial charge in [0, 0.05) is 6.61 Å². The van der Waals surface area contributed by atoms with Gasteiger partial charge in [-0.25, -0.2) is 4.79 Å². The average molecular weight is 529 g/mol. The van der Waals surface area contributed by atoms with Gasteiger partial charge in [0.1, 0.15) is 6.61 Å². The van der Waals surface area contributed by atoms with E-state index in [0.717, 1.165) is 19.4 Å². The molecule has 216 valence electrons. The van der Waals surface area contributed by atoms with Crippen molar-refractivity contribution >= 4 is 5.97 Å². The zero-order chi connectivity index (χ0) is 26.2. The molecule has 0 spiro atoms. The number of hydrogen-bond donors (Lipinski definition) is 1. The van der Waals surface area contributed by atoms with E-state index in [1.54, 1.807) is 0 Å². The van der Waals surface area contributed by atoms with Crippen molar-refractivity contribution in [1.29, 1.82) is 0 Å². The first kappa shape index (κ1) is 35.1. The highest BCUT2D eigenvalue weighted by Gasteiger charge is 1.97. The first-order valence-corrected chi connectivity index (χ1v) is 12.8. The van der Waals surface area contributed by atoms with Crippen molar-refractivity contribution in [1.82, 2.24) is 0 Å². The van der Waals surface area contributed by atoms with Crippen molar-refractivity contribution in [2.24, 2.45) is 0 Å². The highest BCUT2D eigenvalue weighted by Crippen LogP contribution is 1.89. The largest absolute Gasteiger partial charge is 0.480 e. The van der Waals surface area contributed by atoms with Crippen molar-refractivity contribution in [2.75, 3.05) is 132 Å². The van der Waals surface area contributed by atoms with E-state index < -0.39 is 5.97 Å². The molecule has 0 aliphatic heterocycles. The number of unbranched alkanes of at least 4 members (excludes halogenated alkanes) is 1. The molecule has 0 radical (unpaired) electrons. The van der Waals surface area contributed by atoms with Crippen LogP contribution in [-0.2, 0) is 52.2 Å². The van der Waals surface area contributed by atoms with E-state index >= 15 is 0 Å². The van der Waals surface area contributed by atoms with E-state index in [1.807, 2.05) is 0 Å². The Hall–Kier alpha value is -0.930. The fraction of sp³-hybridized carbons (Fsp3) is 0.958. The maximum absolute atomic E-state index is 10.2. The van der Waals surface area contributed by atoms with Crippen molar-refractivity contribution < 1.29 is 57.3 Å². The Bertz CT molecular complexity index is 428. The highest BCUT2D eigenvalue weighted by molar-refractivity contribution is 5.67. The lowest BCUT2D eigenvalue weighted by Gasteiger charge is -2.09. The van der Waals surface area contributed by atoms with Gasteiger partial charge in [0.25, 0.3) is 0 Å². The summed E-state index contributed by atoms with van der Waals surface area (Å²) < 4.78 is 53.4. The molecule has 0 heterocycles. The Kier molecular flexibility index (Phi) is 31.3. The summed E-state index contributed by atoms with van der Waals surface area (Å²) in [6.45, 7) is 11.4. The Labute approximate surface area is 215 Å². The van der Waals surface area contributed by atoms with Gasteiger partial charge in [0.05, 0.1) is 119 Å². The molecule has 0 aliphatic carbocycles. The molecule has 0 atom stereocenters. The Morgan fingerprint density at radius 2 is 0.639 bits per heavy atom. The van der Waals surface area contributed by atoms with Crippen molar-refractivity contribution in [2.45, 2.75) is 19.8 Å². The van der Waals surface area contributed by atoms with Gasteiger partial charge < -0.3 is 52.5 Å². The smallest absolute Gasteiger partial charge is 0.329 e. The molecule has 12 heteroatoms. The van der Waals surface area contributed by atoms with Crippen molar-refractivity contribution in [3.63, 3.8) is 0 Å². The number of ether oxygens (including phenoxy) is 10. The fourth-order valence-electron chi connectivity index (χ4n) is 2.39. The molecule has 36 heavy (non-hydrogen) atoms. The highest BCUT2D eigenvalue weighted by atomic mass is 16.6. The van der Waals surface area contributed by atoms with Crippen LogP contribution in [0.5, 0.6) is 0 Å². The van der Waals surface area contributed by atoms with Crippen LogP contribution in [0.3, 0.4) is 0 Å². The Morgan fingerprint density at radius 1 is 0.417 bits per heavy atom. The predicted molar refractivity (Wildman–Crippen MR) is 131 cm³/mol. The maximum Gasteiger partial charge on any atom is 0.329 e. The van der Waals surface area contributed by atoms with Crippen molar-refractivity contribution in [3.8, 4) is 0 Å². The van der Waals surface area contributed by atoms with Gasteiger partial charge in [-0.3, -0.25) is 0 Å². The number of carboxylic acids is 1. The number of rotatable bonds is 32. The normalized spacial score (nSPS) is 11.4. The molecule has 0 bridgehead atoms. The summed E-state index contributed by atoms with van der Waals surface area (Å²) in [5.41, 5.74) is 0. The summed E-state index contributed by atoms with van der Waals surface area (Å²) in [5.74, 6) is -0.992. The molecule has 0 saturated carbocycles. The molecular weight excluding hydrogens is 480 g/mol. The molecule has 0 fully saturated rings. The van der Waals surface area contributed by atoms with Gasteiger partial charge in [0.15, 0.2) is 0 Å². The molecule has 0 aromatic carbocycles.